The van der Waals surface area contributed by atoms with Gasteiger partial charge in [0.25, 0.3) is 0 Å². The maximum Gasteiger partial charge on any atom is 0.248 e. The summed E-state index contributed by atoms with van der Waals surface area (Å²) in [6.45, 7) is 6.07. The Bertz CT molecular complexity index is 189. The predicted octanol–water partition coefficient (Wildman–Crippen LogP) is 0.232. The number of ether oxygens (including phenoxy) is 1. The molecule has 0 spiro atoms. The average Bonchev–Trinajstić information content (AvgIpc) is 2.65. The van der Waals surface area contributed by atoms with E-state index in [1.54, 1.807) is 4.90 Å². The van der Waals surface area contributed by atoms with Crippen molar-refractivity contribution >= 4 is 5.91 Å². The molecular weight excluding hydrogens is 180 g/mol. The SMILES string of the molecule is CC(C)N(C)C(=O)COC1CCNC1. The van der Waals surface area contributed by atoms with E-state index in [-0.39, 0.29) is 24.7 Å². The Balaban J connectivity index is 2.19. The molecule has 0 aromatic heterocycles. The highest BCUT2D eigenvalue weighted by molar-refractivity contribution is 5.77. The zero-order chi connectivity index (χ0) is 10.6. The molecule has 0 aromatic carbocycles. The number of nitrogens with one attached hydrogen (secondary N) is 1. The quantitative estimate of drug-likeness (QED) is 0.706. The summed E-state index contributed by atoms with van der Waals surface area (Å²) >= 11 is 0. The minimum absolute atomic E-state index is 0.0619. The second-order valence-electron chi connectivity index (χ2n) is 4.02. The van der Waals surface area contributed by atoms with Crippen molar-refractivity contribution in [3.63, 3.8) is 0 Å². The molecule has 14 heavy (non-hydrogen) atoms. The van der Waals surface area contributed by atoms with E-state index in [1.807, 2.05) is 20.9 Å². The first-order valence-corrected chi connectivity index (χ1v) is 5.19. The van der Waals surface area contributed by atoms with Crippen molar-refractivity contribution in [3.05, 3.63) is 0 Å². The standard InChI is InChI=1S/C10H20N2O2/c1-8(2)12(3)10(13)7-14-9-4-5-11-6-9/h8-9,11H,4-7H2,1-3H3. The number of carbonyl (C=O) groups is 1. The topological polar surface area (TPSA) is 41.6 Å². The highest BCUT2D eigenvalue weighted by atomic mass is 16.5. The van der Waals surface area contributed by atoms with E-state index in [2.05, 4.69) is 5.32 Å². The lowest BCUT2D eigenvalue weighted by molar-refractivity contribution is -0.138. The van der Waals surface area contributed by atoms with Gasteiger partial charge < -0.3 is 15.0 Å². The van der Waals surface area contributed by atoms with Gasteiger partial charge in [-0.05, 0) is 26.8 Å². The zero-order valence-corrected chi connectivity index (χ0v) is 9.25. The minimum Gasteiger partial charge on any atom is -0.367 e. The molecule has 0 saturated carbocycles. The fraction of sp³-hybridized carbons (Fsp3) is 0.900. The second-order valence-corrected chi connectivity index (χ2v) is 4.02. The Hall–Kier alpha value is -0.610. The van der Waals surface area contributed by atoms with E-state index in [9.17, 15) is 4.79 Å². The van der Waals surface area contributed by atoms with Crippen LogP contribution in [-0.4, -0.2) is 49.7 Å². The fourth-order valence-electron chi connectivity index (χ4n) is 1.35. The number of hydrogen-bond donors (Lipinski definition) is 1. The second kappa shape index (κ2) is 5.32. The molecule has 1 fully saturated rings. The summed E-state index contributed by atoms with van der Waals surface area (Å²) in [4.78, 5) is 13.2. The Morgan fingerprint density at radius 2 is 2.36 bits per heavy atom. The van der Waals surface area contributed by atoms with E-state index in [1.165, 1.54) is 0 Å². The predicted molar refractivity (Wildman–Crippen MR) is 55.1 cm³/mol. The summed E-state index contributed by atoms with van der Waals surface area (Å²) in [6.07, 6.45) is 1.23. The summed E-state index contributed by atoms with van der Waals surface area (Å²) < 4.78 is 5.48. The number of amides is 1. The first-order valence-electron chi connectivity index (χ1n) is 5.19. The Kier molecular flexibility index (Phi) is 4.35. The van der Waals surface area contributed by atoms with E-state index in [0.29, 0.717) is 0 Å². The van der Waals surface area contributed by atoms with Crippen LogP contribution in [0.15, 0.2) is 0 Å². The zero-order valence-electron chi connectivity index (χ0n) is 9.25. The van der Waals surface area contributed by atoms with Gasteiger partial charge in [0.05, 0.1) is 6.10 Å². The van der Waals surface area contributed by atoms with Crippen molar-refractivity contribution in [2.24, 2.45) is 0 Å². The van der Waals surface area contributed by atoms with Crippen LogP contribution in [0.2, 0.25) is 0 Å². The average molecular weight is 200 g/mol. The van der Waals surface area contributed by atoms with Crippen molar-refractivity contribution in [2.45, 2.75) is 32.4 Å². The van der Waals surface area contributed by atoms with Gasteiger partial charge in [-0.3, -0.25) is 4.79 Å². The summed E-state index contributed by atoms with van der Waals surface area (Å²) in [5.74, 6) is 0.0619. The molecule has 0 bridgehead atoms. The third-order valence-corrected chi connectivity index (χ3v) is 2.63. The monoisotopic (exact) mass is 200 g/mol. The van der Waals surface area contributed by atoms with Crippen LogP contribution in [0, 0.1) is 0 Å². The van der Waals surface area contributed by atoms with Gasteiger partial charge in [0.2, 0.25) is 5.91 Å². The van der Waals surface area contributed by atoms with Crippen molar-refractivity contribution in [3.8, 4) is 0 Å². The summed E-state index contributed by atoms with van der Waals surface area (Å²) in [7, 11) is 1.81. The lowest BCUT2D eigenvalue weighted by Crippen LogP contribution is -2.37. The molecule has 1 aliphatic rings. The number of carbonyl (C=O) groups excluding carboxylic acids is 1. The van der Waals surface area contributed by atoms with Crippen molar-refractivity contribution in [2.75, 3.05) is 26.7 Å². The lowest BCUT2D eigenvalue weighted by atomic mass is 10.3. The van der Waals surface area contributed by atoms with Crippen LogP contribution in [0.3, 0.4) is 0 Å². The summed E-state index contributed by atoms with van der Waals surface area (Å²) in [5.41, 5.74) is 0. The third kappa shape index (κ3) is 3.27. The number of nitrogens with zero attached hydrogens (tertiary/aromatic N) is 1. The Morgan fingerprint density at radius 3 is 2.86 bits per heavy atom. The van der Waals surface area contributed by atoms with Gasteiger partial charge >= 0.3 is 0 Å². The Labute approximate surface area is 85.6 Å². The van der Waals surface area contributed by atoms with Gasteiger partial charge in [-0.2, -0.15) is 0 Å². The maximum absolute atomic E-state index is 11.5. The van der Waals surface area contributed by atoms with E-state index in [0.717, 1.165) is 19.5 Å². The molecule has 1 heterocycles. The molecule has 0 aromatic rings. The lowest BCUT2D eigenvalue weighted by Gasteiger charge is -2.22. The van der Waals surface area contributed by atoms with Crippen LogP contribution in [0.25, 0.3) is 0 Å². The molecule has 1 amide bonds. The summed E-state index contributed by atoms with van der Waals surface area (Å²) in [6, 6.07) is 0.243. The molecule has 82 valence electrons. The third-order valence-electron chi connectivity index (χ3n) is 2.63. The van der Waals surface area contributed by atoms with Gasteiger partial charge in [-0.15, -0.1) is 0 Å². The van der Waals surface area contributed by atoms with Crippen LogP contribution in [0.5, 0.6) is 0 Å². The maximum atomic E-state index is 11.5. The van der Waals surface area contributed by atoms with E-state index < -0.39 is 0 Å². The molecule has 4 nitrogen and oxygen atoms in total. The Morgan fingerprint density at radius 1 is 1.64 bits per heavy atom. The highest BCUT2D eigenvalue weighted by Crippen LogP contribution is 2.03. The molecule has 1 rings (SSSR count). The largest absolute Gasteiger partial charge is 0.367 e. The molecule has 1 N–H and O–H groups in total. The fourth-order valence-corrected chi connectivity index (χ4v) is 1.35. The van der Waals surface area contributed by atoms with E-state index >= 15 is 0 Å². The number of likely N-dealkylation sites (N-methyl/N-ethyl adjacent to an activating group) is 1. The smallest absolute Gasteiger partial charge is 0.248 e. The number of rotatable bonds is 4. The van der Waals surface area contributed by atoms with Crippen LogP contribution >= 0.6 is 0 Å². The molecular formula is C10H20N2O2. The van der Waals surface area contributed by atoms with Crippen molar-refractivity contribution in [1.29, 1.82) is 0 Å². The summed E-state index contributed by atoms with van der Waals surface area (Å²) in [5, 5.41) is 3.20. The molecule has 4 heteroatoms. The first kappa shape index (κ1) is 11.5. The van der Waals surface area contributed by atoms with Crippen molar-refractivity contribution < 1.29 is 9.53 Å². The highest BCUT2D eigenvalue weighted by Gasteiger charge is 2.18. The van der Waals surface area contributed by atoms with Crippen LogP contribution < -0.4 is 5.32 Å². The van der Waals surface area contributed by atoms with E-state index in [4.69, 9.17) is 4.74 Å². The molecule has 0 radical (unpaired) electrons. The van der Waals surface area contributed by atoms with Crippen LogP contribution in [0.1, 0.15) is 20.3 Å². The van der Waals surface area contributed by atoms with Crippen LogP contribution in [-0.2, 0) is 9.53 Å². The van der Waals surface area contributed by atoms with Gasteiger partial charge in [0.15, 0.2) is 0 Å². The van der Waals surface area contributed by atoms with Crippen molar-refractivity contribution in [1.82, 2.24) is 10.2 Å². The number of hydrogen-bond acceptors (Lipinski definition) is 3. The molecule has 1 saturated heterocycles. The van der Waals surface area contributed by atoms with Gasteiger partial charge in [-0.25, -0.2) is 0 Å². The van der Waals surface area contributed by atoms with Crippen LogP contribution in [0.4, 0.5) is 0 Å². The van der Waals surface area contributed by atoms with Gasteiger partial charge in [0, 0.05) is 19.6 Å². The molecule has 0 aliphatic carbocycles. The normalized spacial score (nSPS) is 21.6. The molecule has 1 atom stereocenters. The van der Waals surface area contributed by atoms with Gasteiger partial charge in [0.1, 0.15) is 6.61 Å². The molecule has 1 unspecified atom stereocenters. The minimum atomic E-state index is 0.0619. The van der Waals surface area contributed by atoms with Gasteiger partial charge in [-0.1, -0.05) is 0 Å². The first-order chi connectivity index (χ1) is 6.61. The molecule has 1 aliphatic heterocycles.